The second-order valence-electron chi connectivity index (χ2n) is 5.48. The van der Waals surface area contributed by atoms with Crippen LogP contribution in [0.5, 0.6) is 0 Å². The van der Waals surface area contributed by atoms with E-state index in [2.05, 4.69) is 4.90 Å². The van der Waals surface area contributed by atoms with E-state index in [1.54, 1.807) is 0 Å². The number of hydrogen-bond acceptors (Lipinski definition) is 4. The molecule has 0 atom stereocenters. The summed E-state index contributed by atoms with van der Waals surface area (Å²) in [4.78, 5) is 40.0. The van der Waals surface area contributed by atoms with Crippen LogP contribution >= 0.6 is 0 Å². The molecule has 0 radical (unpaired) electrons. The molecule has 0 aromatic rings. The summed E-state index contributed by atoms with van der Waals surface area (Å²) >= 11 is 0. The molecule has 0 N–H and O–H groups in total. The van der Waals surface area contributed by atoms with Crippen LogP contribution in [0.25, 0.3) is 0 Å². The van der Waals surface area contributed by atoms with Crippen LogP contribution in [-0.2, 0) is 14.4 Å². The highest BCUT2D eigenvalue weighted by Crippen LogP contribution is 2.08. The summed E-state index contributed by atoms with van der Waals surface area (Å²) in [7, 11) is 0. The minimum atomic E-state index is -0.233. The minimum absolute atomic E-state index is 0.0347. The van der Waals surface area contributed by atoms with Gasteiger partial charge >= 0.3 is 0 Å². The molecule has 0 aromatic carbocycles. The van der Waals surface area contributed by atoms with Crippen LogP contribution in [0.4, 0.5) is 0 Å². The molecular weight excluding hydrogens is 258 g/mol. The van der Waals surface area contributed by atoms with E-state index in [-0.39, 0.29) is 23.6 Å². The van der Waals surface area contributed by atoms with Gasteiger partial charge in [-0.25, -0.2) is 0 Å². The van der Waals surface area contributed by atoms with Crippen molar-refractivity contribution in [2.24, 2.45) is 5.92 Å². The molecule has 20 heavy (non-hydrogen) atoms. The zero-order chi connectivity index (χ0) is 14.7. The van der Waals surface area contributed by atoms with Crippen molar-refractivity contribution < 1.29 is 14.4 Å². The van der Waals surface area contributed by atoms with Gasteiger partial charge in [-0.2, -0.15) is 0 Å². The third-order valence-corrected chi connectivity index (χ3v) is 3.72. The predicted molar refractivity (Wildman–Crippen MR) is 73.7 cm³/mol. The second kappa shape index (κ2) is 6.17. The lowest BCUT2D eigenvalue weighted by Crippen LogP contribution is -2.51. The van der Waals surface area contributed by atoms with E-state index in [9.17, 15) is 14.4 Å². The molecule has 6 nitrogen and oxygen atoms in total. The van der Waals surface area contributed by atoms with Gasteiger partial charge in [0, 0.05) is 57.3 Å². The van der Waals surface area contributed by atoms with E-state index in [1.807, 2.05) is 18.7 Å². The van der Waals surface area contributed by atoms with Crippen LogP contribution in [0, 0.1) is 5.92 Å². The molecule has 3 amide bonds. The summed E-state index contributed by atoms with van der Waals surface area (Å²) in [5.41, 5.74) is 0. The SMILES string of the molecule is CC(C)C(=O)N1CCN(CCN2C(=O)C=CC2=O)CC1. The molecule has 0 aliphatic carbocycles. The topological polar surface area (TPSA) is 60.9 Å². The molecule has 2 aliphatic heterocycles. The first-order valence-electron chi connectivity index (χ1n) is 7.03. The number of rotatable bonds is 4. The van der Waals surface area contributed by atoms with E-state index in [1.165, 1.54) is 17.1 Å². The van der Waals surface area contributed by atoms with E-state index in [4.69, 9.17) is 0 Å². The number of piperazine rings is 1. The van der Waals surface area contributed by atoms with Gasteiger partial charge in [0.25, 0.3) is 11.8 Å². The Labute approximate surface area is 119 Å². The molecule has 2 heterocycles. The Morgan fingerprint density at radius 2 is 1.60 bits per heavy atom. The van der Waals surface area contributed by atoms with E-state index < -0.39 is 0 Å². The van der Waals surface area contributed by atoms with Crippen molar-refractivity contribution in [3.05, 3.63) is 12.2 Å². The predicted octanol–water partition coefficient (Wildman–Crippen LogP) is -0.288. The lowest BCUT2D eigenvalue weighted by molar-refractivity contribution is -0.137. The minimum Gasteiger partial charge on any atom is -0.340 e. The highest BCUT2D eigenvalue weighted by atomic mass is 16.2. The van der Waals surface area contributed by atoms with Gasteiger partial charge in [0.1, 0.15) is 0 Å². The third kappa shape index (κ3) is 3.25. The first-order chi connectivity index (χ1) is 9.49. The highest BCUT2D eigenvalue weighted by molar-refractivity contribution is 6.12. The van der Waals surface area contributed by atoms with Crippen molar-refractivity contribution in [3.8, 4) is 0 Å². The Hall–Kier alpha value is -1.69. The van der Waals surface area contributed by atoms with Gasteiger partial charge in [-0.05, 0) is 0 Å². The highest BCUT2D eigenvalue weighted by Gasteiger charge is 2.26. The van der Waals surface area contributed by atoms with Gasteiger partial charge in [-0.1, -0.05) is 13.8 Å². The maximum absolute atomic E-state index is 11.9. The lowest BCUT2D eigenvalue weighted by atomic mass is 10.1. The van der Waals surface area contributed by atoms with Crippen LogP contribution in [0.1, 0.15) is 13.8 Å². The van der Waals surface area contributed by atoms with Crippen LogP contribution in [0.3, 0.4) is 0 Å². The molecule has 0 unspecified atom stereocenters. The van der Waals surface area contributed by atoms with Crippen LogP contribution < -0.4 is 0 Å². The third-order valence-electron chi connectivity index (χ3n) is 3.72. The fraction of sp³-hybridized carbons (Fsp3) is 0.643. The first-order valence-corrected chi connectivity index (χ1v) is 7.03. The summed E-state index contributed by atoms with van der Waals surface area (Å²) < 4.78 is 0. The van der Waals surface area contributed by atoms with Crippen LogP contribution in [0.15, 0.2) is 12.2 Å². The van der Waals surface area contributed by atoms with Gasteiger partial charge in [0.15, 0.2) is 0 Å². The molecule has 1 saturated heterocycles. The average Bonchev–Trinajstić information content (AvgIpc) is 2.75. The first kappa shape index (κ1) is 14.7. The summed E-state index contributed by atoms with van der Waals surface area (Å²) in [5.74, 6) is -0.238. The van der Waals surface area contributed by atoms with Gasteiger partial charge in [-0.15, -0.1) is 0 Å². The Morgan fingerprint density at radius 3 is 2.10 bits per heavy atom. The Bertz CT molecular complexity index is 419. The zero-order valence-electron chi connectivity index (χ0n) is 12.0. The number of amides is 3. The van der Waals surface area contributed by atoms with Crippen molar-refractivity contribution in [1.82, 2.24) is 14.7 Å². The summed E-state index contributed by atoms with van der Waals surface area (Å²) in [6.45, 7) is 7.93. The smallest absolute Gasteiger partial charge is 0.253 e. The van der Waals surface area contributed by atoms with Crippen molar-refractivity contribution in [2.45, 2.75) is 13.8 Å². The van der Waals surface area contributed by atoms with Gasteiger partial charge in [0.05, 0.1) is 0 Å². The fourth-order valence-electron chi connectivity index (χ4n) is 2.45. The number of hydrogen-bond donors (Lipinski definition) is 0. The molecule has 0 aromatic heterocycles. The molecule has 1 fully saturated rings. The van der Waals surface area contributed by atoms with Gasteiger partial charge in [0.2, 0.25) is 5.91 Å². The summed E-state index contributed by atoms with van der Waals surface area (Å²) in [6, 6.07) is 0. The fourth-order valence-corrected chi connectivity index (χ4v) is 2.45. The molecule has 2 rings (SSSR count). The van der Waals surface area contributed by atoms with Crippen molar-refractivity contribution in [3.63, 3.8) is 0 Å². The van der Waals surface area contributed by atoms with Gasteiger partial charge < -0.3 is 4.90 Å². The summed E-state index contributed by atoms with van der Waals surface area (Å²) in [6.07, 6.45) is 2.61. The van der Waals surface area contributed by atoms with Crippen molar-refractivity contribution in [1.29, 1.82) is 0 Å². The maximum Gasteiger partial charge on any atom is 0.253 e. The van der Waals surface area contributed by atoms with Crippen LogP contribution in [-0.4, -0.2) is 71.7 Å². The monoisotopic (exact) mass is 279 g/mol. The number of carbonyl (C=O) groups is 3. The standard InChI is InChI=1S/C14H21N3O3/c1-11(2)14(20)16-8-5-15(6-9-16)7-10-17-12(18)3-4-13(17)19/h3-4,11H,5-10H2,1-2H3. The number of carbonyl (C=O) groups excluding carboxylic acids is 3. The molecular formula is C14H21N3O3. The average molecular weight is 279 g/mol. The number of imide groups is 1. The van der Waals surface area contributed by atoms with E-state index in [0.717, 1.165) is 26.2 Å². The molecule has 0 bridgehead atoms. The Morgan fingerprint density at radius 1 is 1.05 bits per heavy atom. The van der Waals surface area contributed by atoms with Crippen molar-refractivity contribution in [2.75, 3.05) is 39.3 Å². The van der Waals surface area contributed by atoms with Crippen LogP contribution in [0.2, 0.25) is 0 Å². The van der Waals surface area contributed by atoms with E-state index >= 15 is 0 Å². The Balaban J connectivity index is 1.74. The Kier molecular flexibility index (Phi) is 4.54. The molecule has 2 aliphatic rings. The van der Waals surface area contributed by atoms with Gasteiger partial charge in [-0.3, -0.25) is 24.2 Å². The zero-order valence-corrected chi connectivity index (χ0v) is 12.0. The second-order valence-corrected chi connectivity index (χ2v) is 5.48. The van der Waals surface area contributed by atoms with Crippen molar-refractivity contribution >= 4 is 17.7 Å². The molecule has 6 heteroatoms. The molecule has 0 spiro atoms. The quantitative estimate of drug-likeness (QED) is 0.664. The number of nitrogens with zero attached hydrogens (tertiary/aromatic N) is 3. The largest absolute Gasteiger partial charge is 0.340 e. The molecule has 110 valence electrons. The summed E-state index contributed by atoms with van der Waals surface area (Å²) in [5, 5.41) is 0. The maximum atomic E-state index is 11.9. The molecule has 0 saturated carbocycles. The lowest BCUT2D eigenvalue weighted by Gasteiger charge is -2.36. The normalized spacial score (nSPS) is 20.4. The van der Waals surface area contributed by atoms with E-state index in [0.29, 0.717) is 13.1 Å².